The summed E-state index contributed by atoms with van der Waals surface area (Å²) in [6.07, 6.45) is 2.29. The number of morpholine rings is 1. The van der Waals surface area contributed by atoms with Gasteiger partial charge < -0.3 is 19.6 Å². The highest BCUT2D eigenvalue weighted by molar-refractivity contribution is 4.81. The van der Waals surface area contributed by atoms with Gasteiger partial charge in [0.25, 0.3) is 0 Å². The molecular weight excluding hydrogens is 204 g/mol. The highest BCUT2D eigenvalue weighted by Gasteiger charge is 2.28. The van der Waals surface area contributed by atoms with Gasteiger partial charge in [-0.2, -0.15) is 0 Å². The molecule has 0 aromatic carbocycles. The van der Waals surface area contributed by atoms with E-state index in [1.54, 1.807) is 0 Å². The van der Waals surface area contributed by atoms with E-state index in [0.29, 0.717) is 12.0 Å². The molecule has 0 spiro atoms. The van der Waals surface area contributed by atoms with Crippen molar-refractivity contribution in [3.63, 3.8) is 0 Å². The number of ether oxygens (including phenoxy) is 1. The second kappa shape index (κ2) is 5.45. The fourth-order valence-corrected chi connectivity index (χ4v) is 2.69. The van der Waals surface area contributed by atoms with Crippen LogP contribution in [0.15, 0.2) is 0 Å². The highest BCUT2D eigenvalue weighted by atomic mass is 16.5. The number of rotatable bonds is 4. The van der Waals surface area contributed by atoms with Crippen LogP contribution in [-0.4, -0.2) is 74.0 Å². The van der Waals surface area contributed by atoms with Gasteiger partial charge in [0.2, 0.25) is 0 Å². The first kappa shape index (κ1) is 12.3. The molecule has 1 saturated carbocycles. The molecule has 0 aromatic heterocycles. The first-order valence-electron chi connectivity index (χ1n) is 6.30. The zero-order valence-corrected chi connectivity index (χ0v) is 10.4. The monoisotopic (exact) mass is 228 g/mol. The Morgan fingerprint density at radius 1 is 1.38 bits per heavy atom. The summed E-state index contributed by atoms with van der Waals surface area (Å²) in [4.78, 5) is 4.68. The molecule has 1 unspecified atom stereocenters. The Bertz CT molecular complexity index is 219. The molecule has 4 nitrogen and oxygen atoms in total. The van der Waals surface area contributed by atoms with Gasteiger partial charge in [-0.1, -0.05) is 0 Å². The van der Waals surface area contributed by atoms with Crippen LogP contribution in [0.25, 0.3) is 0 Å². The first-order chi connectivity index (χ1) is 7.63. The molecule has 1 aliphatic carbocycles. The van der Waals surface area contributed by atoms with Gasteiger partial charge in [-0.05, 0) is 32.9 Å². The minimum absolute atomic E-state index is 0.0320. The van der Waals surface area contributed by atoms with Crippen molar-refractivity contribution in [1.29, 1.82) is 0 Å². The van der Waals surface area contributed by atoms with Gasteiger partial charge >= 0.3 is 0 Å². The Balaban J connectivity index is 1.64. The first-order valence-corrected chi connectivity index (χ1v) is 6.30. The van der Waals surface area contributed by atoms with E-state index in [4.69, 9.17) is 4.74 Å². The Kier molecular flexibility index (Phi) is 4.19. The van der Waals surface area contributed by atoms with Crippen LogP contribution in [0, 0.1) is 5.92 Å². The maximum Gasteiger partial charge on any atom is 0.0829 e. The van der Waals surface area contributed by atoms with E-state index < -0.39 is 0 Å². The average molecular weight is 228 g/mol. The molecule has 94 valence electrons. The molecule has 2 fully saturated rings. The van der Waals surface area contributed by atoms with Gasteiger partial charge in [0, 0.05) is 26.2 Å². The van der Waals surface area contributed by atoms with Crippen molar-refractivity contribution < 1.29 is 9.84 Å². The molecule has 1 aliphatic heterocycles. The molecule has 0 bridgehead atoms. The molecule has 2 rings (SSSR count). The lowest BCUT2D eigenvalue weighted by Crippen LogP contribution is -2.47. The third-order valence-corrected chi connectivity index (χ3v) is 3.64. The fourth-order valence-electron chi connectivity index (χ4n) is 2.69. The van der Waals surface area contributed by atoms with Gasteiger partial charge in [-0.3, -0.25) is 0 Å². The van der Waals surface area contributed by atoms with Crippen molar-refractivity contribution in [3.8, 4) is 0 Å². The number of hydrogen-bond acceptors (Lipinski definition) is 4. The molecule has 0 radical (unpaired) electrons. The predicted molar refractivity (Wildman–Crippen MR) is 63.5 cm³/mol. The second-order valence-corrected chi connectivity index (χ2v) is 5.47. The number of aliphatic hydroxyl groups excluding tert-OH is 1. The molecule has 4 heteroatoms. The van der Waals surface area contributed by atoms with Crippen LogP contribution in [0.3, 0.4) is 0 Å². The van der Waals surface area contributed by atoms with E-state index in [9.17, 15) is 5.11 Å². The summed E-state index contributed by atoms with van der Waals surface area (Å²) in [7, 11) is 4.31. The van der Waals surface area contributed by atoms with Crippen LogP contribution in [-0.2, 0) is 4.74 Å². The van der Waals surface area contributed by atoms with E-state index in [1.165, 1.54) is 0 Å². The highest BCUT2D eigenvalue weighted by Crippen LogP contribution is 2.27. The lowest BCUT2D eigenvalue weighted by molar-refractivity contribution is -0.0395. The number of hydrogen-bond donors (Lipinski definition) is 1. The summed E-state index contributed by atoms with van der Waals surface area (Å²) >= 11 is 0. The molecule has 2 aliphatic rings. The molecule has 1 atom stereocenters. The van der Waals surface area contributed by atoms with Gasteiger partial charge in [-0.15, -0.1) is 0 Å². The second-order valence-electron chi connectivity index (χ2n) is 5.47. The quantitative estimate of drug-likeness (QED) is 0.736. The van der Waals surface area contributed by atoms with Crippen molar-refractivity contribution in [1.82, 2.24) is 9.80 Å². The normalized spacial score (nSPS) is 36.4. The van der Waals surface area contributed by atoms with Crippen molar-refractivity contribution in [2.24, 2.45) is 5.92 Å². The van der Waals surface area contributed by atoms with Gasteiger partial charge in [0.15, 0.2) is 0 Å². The topological polar surface area (TPSA) is 35.9 Å². The summed E-state index contributed by atoms with van der Waals surface area (Å²) in [5.74, 6) is 0.696. The molecule has 0 amide bonds. The van der Waals surface area contributed by atoms with Crippen molar-refractivity contribution in [2.75, 3.05) is 46.9 Å². The maximum atomic E-state index is 9.24. The molecule has 16 heavy (non-hydrogen) atoms. The Morgan fingerprint density at radius 3 is 2.75 bits per heavy atom. The zero-order valence-electron chi connectivity index (χ0n) is 10.4. The summed E-state index contributed by atoms with van der Waals surface area (Å²) in [6, 6.07) is 0. The predicted octanol–water partition coefficient (Wildman–Crippen LogP) is 0.0197. The third-order valence-electron chi connectivity index (χ3n) is 3.64. The zero-order chi connectivity index (χ0) is 11.5. The molecule has 1 saturated heterocycles. The Morgan fingerprint density at radius 2 is 2.12 bits per heavy atom. The minimum atomic E-state index is -0.0320. The Labute approximate surface area is 98.2 Å². The standard InChI is InChI=1S/C12H24N2O2/c1-13-3-4-16-12(8-13)9-14(2)7-10-5-11(15)6-10/h10-12,15H,3-9H2,1-2H3. The summed E-state index contributed by atoms with van der Waals surface area (Å²) in [5.41, 5.74) is 0. The molecule has 1 heterocycles. The number of nitrogens with zero attached hydrogens (tertiary/aromatic N) is 2. The van der Waals surface area contributed by atoms with Gasteiger partial charge in [-0.25, -0.2) is 0 Å². The average Bonchev–Trinajstić information content (AvgIpc) is 2.15. The number of aliphatic hydroxyl groups is 1. The largest absolute Gasteiger partial charge is 0.393 e. The Hall–Kier alpha value is -0.160. The van der Waals surface area contributed by atoms with Gasteiger partial charge in [0.05, 0.1) is 18.8 Å². The van der Waals surface area contributed by atoms with E-state index in [0.717, 1.165) is 45.6 Å². The van der Waals surface area contributed by atoms with Crippen molar-refractivity contribution in [2.45, 2.75) is 25.0 Å². The van der Waals surface area contributed by atoms with Crippen molar-refractivity contribution in [3.05, 3.63) is 0 Å². The van der Waals surface area contributed by atoms with E-state index in [2.05, 4.69) is 23.9 Å². The SMILES string of the molecule is CN1CCOC(CN(C)CC2CC(O)C2)C1. The summed E-state index contributed by atoms with van der Waals surface area (Å²) in [6.45, 7) is 5.06. The smallest absolute Gasteiger partial charge is 0.0829 e. The molecule has 0 aromatic rings. The lowest BCUT2D eigenvalue weighted by atomic mass is 9.82. The number of likely N-dealkylation sites (N-methyl/N-ethyl adjacent to an activating group) is 2. The van der Waals surface area contributed by atoms with Crippen LogP contribution in [0.2, 0.25) is 0 Å². The maximum absolute atomic E-state index is 9.24. The fraction of sp³-hybridized carbons (Fsp3) is 1.00. The van der Waals surface area contributed by atoms with E-state index in [1.807, 2.05) is 0 Å². The van der Waals surface area contributed by atoms with Crippen LogP contribution in [0.5, 0.6) is 0 Å². The van der Waals surface area contributed by atoms with Crippen LogP contribution in [0.1, 0.15) is 12.8 Å². The molecule has 1 N–H and O–H groups in total. The summed E-state index contributed by atoms with van der Waals surface area (Å²) in [5, 5.41) is 9.24. The van der Waals surface area contributed by atoms with Crippen molar-refractivity contribution >= 4 is 0 Å². The van der Waals surface area contributed by atoms with Crippen LogP contribution in [0.4, 0.5) is 0 Å². The summed E-state index contributed by atoms with van der Waals surface area (Å²) < 4.78 is 5.74. The van der Waals surface area contributed by atoms with E-state index >= 15 is 0 Å². The lowest BCUT2D eigenvalue weighted by Gasteiger charge is -2.37. The third kappa shape index (κ3) is 3.42. The van der Waals surface area contributed by atoms with Crippen LogP contribution < -0.4 is 0 Å². The minimum Gasteiger partial charge on any atom is -0.393 e. The van der Waals surface area contributed by atoms with Gasteiger partial charge in [0.1, 0.15) is 0 Å². The van der Waals surface area contributed by atoms with Crippen LogP contribution >= 0.6 is 0 Å². The van der Waals surface area contributed by atoms with E-state index in [-0.39, 0.29) is 6.10 Å². The molecular formula is C12H24N2O2.